The van der Waals surface area contributed by atoms with E-state index in [-0.39, 0.29) is 15.1 Å². The van der Waals surface area contributed by atoms with Gasteiger partial charge in [0.05, 0.1) is 31.9 Å². The van der Waals surface area contributed by atoms with E-state index in [2.05, 4.69) is 10.4 Å². The summed E-state index contributed by atoms with van der Waals surface area (Å²) in [4.78, 5) is 13.2. The number of nitrogens with one attached hydrogen (secondary N) is 1. The molecule has 4 aromatic rings. The molecule has 0 bridgehead atoms. The molecule has 0 aliphatic rings. The lowest BCUT2D eigenvalue weighted by Crippen LogP contribution is -2.11. The van der Waals surface area contributed by atoms with Crippen molar-refractivity contribution in [2.24, 2.45) is 0 Å². The van der Waals surface area contributed by atoms with E-state index in [0.29, 0.717) is 28.6 Å². The largest absolute Gasteiger partial charge is 0.493 e. The lowest BCUT2D eigenvalue weighted by molar-refractivity contribution is -0.140. The van der Waals surface area contributed by atoms with Crippen LogP contribution in [-0.2, 0) is 6.18 Å². The lowest BCUT2D eigenvalue weighted by atomic mass is 10.2. The zero-order valence-electron chi connectivity index (χ0n) is 17.7. The van der Waals surface area contributed by atoms with Crippen molar-refractivity contribution in [2.75, 3.05) is 26.6 Å². The Bertz CT molecular complexity index is 1290. The van der Waals surface area contributed by atoms with Gasteiger partial charge in [-0.15, -0.1) is 11.3 Å². The van der Waals surface area contributed by atoms with E-state index in [1.165, 1.54) is 44.2 Å². The van der Waals surface area contributed by atoms with Gasteiger partial charge in [-0.2, -0.15) is 18.3 Å². The molecular weight excluding hydrogens is 459 g/mol. The molecule has 7 nitrogen and oxygen atoms in total. The van der Waals surface area contributed by atoms with Gasteiger partial charge in [-0.25, -0.2) is 4.68 Å². The summed E-state index contributed by atoms with van der Waals surface area (Å²) >= 11 is 0.912. The highest BCUT2D eigenvalue weighted by atomic mass is 32.1. The first-order valence-corrected chi connectivity index (χ1v) is 10.3. The Labute approximate surface area is 190 Å². The van der Waals surface area contributed by atoms with Crippen LogP contribution in [0.15, 0.2) is 48.5 Å². The van der Waals surface area contributed by atoms with Crippen LogP contribution in [0.2, 0.25) is 0 Å². The number of hydrogen-bond donors (Lipinski definition) is 1. The number of ether oxygens (including phenoxy) is 3. The molecule has 1 amide bonds. The van der Waals surface area contributed by atoms with Crippen molar-refractivity contribution >= 4 is 33.1 Å². The quantitative estimate of drug-likeness (QED) is 0.403. The zero-order chi connectivity index (χ0) is 23.8. The van der Waals surface area contributed by atoms with Gasteiger partial charge in [0.1, 0.15) is 4.83 Å². The molecule has 0 spiro atoms. The first-order chi connectivity index (χ1) is 15.8. The van der Waals surface area contributed by atoms with Crippen molar-refractivity contribution in [1.82, 2.24) is 9.78 Å². The number of amides is 1. The lowest BCUT2D eigenvalue weighted by Gasteiger charge is -2.14. The summed E-state index contributed by atoms with van der Waals surface area (Å²) in [5.74, 6) is 0.404. The van der Waals surface area contributed by atoms with Crippen LogP contribution in [0.4, 0.5) is 18.9 Å². The summed E-state index contributed by atoms with van der Waals surface area (Å²) in [7, 11) is 4.32. The van der Waals surface area contributed by atoms with Crippen LogP contribution < -0.4 is 19.5 Å². The second-order valence-corrected chi connectivity index (χ2v) is 7.82. The molecule has 1 N–H and O–H groups in total. The number of alkyl halides is 3. The van der Waals surface area contributed by atoms with Crippen molar-refractivity contribution in [1.29, 1.82) is 0 Å². The van der Waals surface area contributed by atoms with Crippen molar-refractivity contribution in [2.45, 2.75) is 6.18 Å². The van der Waals surface area contributed by atoms with E-state index in [9.17, 15) is 18.0 Å². The maximum atomic E-state index is 13.6. The molecule has 0 aliphatic carbocycles. The minimum absolute atomic E-state index is 0.0892. The van der Waals surface area contributed by atoms with E-state index in [1.54, 1.807) is 30.3 Å². The van der Waals surface area contributed by atoms with Gasteiger partial charge < -0.3 is 19.5 Å². The summed E-state index contributed by atoms with van der Waals surface area (Å²) in [6.45, 7) is 0. The average molecular weight is 477 g/mol. The van der Waals surface area contributed by atoms with Gasteiger partial charge in [0.25, 0.3) is 5.91 Å². The summed E-state index contributed by atoms with van der Waals surface area (Å²) in [5, 5.41) is 6.29. The molecule has 0 fully saturated rings. The van der Waals surface area contributed by atoms with Crippen LogP contribution in [0.1, 0.15) is 15.4 Å². The number of rotatable bonds is 6. The number of aromatic nitrogens is 2. The molecule has 0 atom stereocenters. The number of methoxy groups -OCH3 is 3. The second kappa shape index (κ2) is 8.66. The molecule has 0 saturated carbocycles. The maximum absolute atomic E-state index is 13.6. The van der Waals surface area contributed by atoms with Crippen LogP contribution >= 0.6 is 11.3 Å². The highest BCUT2D eigenvalue weighted by Crippen LogP contribution is 2.41. The Morgan fingerprint density at radius 1 is 1.00 bits per heavy atom. The number of halogens is 3. The number of carbonyl (C=O) groups is 1. The monoisotopic (exact) mass is 477 g/mol. The number of anilines is 1. The predicted octanol–water partition coefficient (Wildman–Crippen LogP) is 5.38. The molecule has 172 valence electrons. The second-order valence-electron chi connectivity index (χ2n) is 6.79. The van der Waals surface area contributed by atoms with E-state index in [4.69, 9.17) is 14.2 Å². The predicted molar refractivity (Wildman–Crippen MR) is 118 cm³/mol. The van der Waals surface area contributed by atoms with Crippen molar-refractivity contribution in [3.05, 3.63) is 59.1 Å². The number of fused-ring (bicyclic) bond motifs is 1. The minimum Gasteiger partial charge on any atom is -0.493 e. The van der Waals surface area contributed by atoms with Gasteiger partial charge in [-0.3, -0.25) is 4.79 Å². The molecule has 4 rings (SSSR count). The number of hydrogen-bond acceptors (Lipinski definition) is 6. The Kier molecular flexibility index (Phi) is 5.90. The number of carbonyl (C=O) groups excluding carboxylic acids is 1. The SMILES string of the molecule is COc1cc(NC(=O)c2cc3c(C(F)(F)F)nn(-c4ccccc4)c3s2)cc(OC)c1OC. The van der Waals surface area contributed by atoms with Crippen LogP contribution in [0.5, 0.6) is 17.2 Å². The van der Waals surface area contributed by atoms with Gasteiger partial charge in [0, 0.05) is 23.2 Å². The third-order valence-corrected chi connectivity index (χ3v) is 5.88. The maximum Gasteiger partial charge on any atom is 0.435 e. The fourth-order valence-corrected chi connectivity index (χ4v) is 4.35. The minimum atomic E-state index is -4.68. The fourth-order valence-electron chi connectivity index (χ4n) is 3.32. The van der Waals surface area contributed by atoms with Gasteiger partial charge in [-0.05, 0) is 18.2 Å². The Hall–Kier alpha value is -3.73. The molecule has 0 unspecified atom stereocenters. The highest BCUT2D eigenvalue weighted by molar-refractivity contribution is 7.20. The van der Waals surface area contributed by atoms with Gasteiger partial charge in [0.15, 0.2) is 17.2 Å². The van der Waals surface area contributed by atoms with Crippen LogP contribution in [0.25, 0.3) is 15.9 Å². The first kappa shape index (κ1) is 22.5. The molecule has 2 aromatic carbocycles. The smallest absolute Gasteiger partial charge is 0.435 e. The summed E-state index contributed by atoms with van der Waals surface area (Å²) in [6, 6.07) is 12.7. The van der Waals surface area contributed by atoms with E-state index in [0.717, 1.165) is 11.3 Å². The fraction of sp³-hybridized carbons (Fsp3) is 0.182. The molecule has 33 heavy (non-hydrogen) atoms. The van der Waals surface area contributed by atoms with E-state index < -0.39 is 17.8 Å². The normalized spacial score (nSPS) is 11.5. The third-order valence-electron chi connectivity index (χ3n) is 4.78. The molecule has 0 aliphatic heterocycles. The summed E-state index contributed by atoms with van der Waals surface area (Å²) < 4.78 is 57.9. The molecule has 2 heterocycles. The highest BCUT2D eigenvalue weighted by Gasteiger charge is 2.38. The summed E-state index contributed by atoms with van der Waals surface area (Å²) in [5.41, 5.74) is -0.270. The number of thiophene rings is 1. The van der Waals surface area contributed by atoms with Gasteiger partial charge in [-0.1, -0.05) is 18.2 Å². The Morgan fingerprint density at radius 2 is 1.64 bits per heavy atom. The van der Waals surface area contributed by atoms with Crippen LogP contribution in [0, 0.1) is 0 Å². The molecule has 0 radical (unpaired) electrons. The first-order valence-electron chi connectivity index (χ1n) is 9.53. The molecule has 2 aromatic heterocycles. The number of nitrogens with zero attached hydrogens (tertiary/aromatic N) is 2. The average Bonchev–Trinajstić information content (AvgIpc) is 3.38. The standard InChI is InChI=1S/C22H18F3N3O4S/c1-30-15-9-12(10-16(31-2)18(15)32-3)26-20(29)17-11-14-19(22(23,24)25)27-28(21(14)33-17)13-7-5-4-6-8-13/h4-11H,1-3H3,(H,26,29). The zero-order valence-corrected chi connectivity index (χ0v) is 18.5. The number of benzene rings is 2. The molecule has 11 heteroatoms. The van der Waals surface area contributed by atoms with Crippen LogP contribution in [0.3, 0.4) is 0 Å². The number of para-hydroxylation sites is 1. The topological polar surface area (TPSA) is 74.6 Å². The van der Waals surface area contributed by atoms with Gasteiger partial charge in [0.2, 0.25) is 5.75 Å². The summed E-state index contributed by atoms with van der Waals surface area (Å²) in [6.07, 6.45) is -4.68. The van der Waals surface area contributed by atoms with Crippen molar-refractivity contribution in [3.63, 3.8) is 0 Å². The molecule has 0 saturated heterocycles. The Morgan fingerprint density at radius 3 is 2.18 bits per heavy atom. The van der Waals surface area contributed by atoms with E-state index in [1.807, 2.05) is 0 Å². The third kappa shape index (κ3) is 4.19. The van der Waals surface area contributed by atoms with Gasteiger partial charge >= 0.3 is 6.18 Å². The van der Waals surface area contributed by atoms with Crippen LogP contribution in [-0.4, -0.2) is 37.0 Å². The van der Waals surface area contributed by atoms with Crippen molar-refractivity contribution in [3.8, 4) is 22.9 Å². The van der Waals surface area contributed by atoms with E-state index >= 15 is 0 Å². The van der Waals surface area contributed by atoms with Crippen molar-refractivity contribution < 1.29 is 32.2 Å². The Balaban J connectivity index is 1.75. The molecular formula is C22H18F3N3O4S.